The van der Waals surface area contributed by atoms with Crippen LogP contribution in [0, 0.1) is 0 Å². The Bertz CT molecular complexity index is 365. The van der Waals surface area contributed by atoms with E-state index in [2.05, 4.69) is 5.10 Å². The summed E-state index contributed by atoms with van der Waals surface area (Å²) in [6.45, 7) is 5.88. The first kappa shape index (κ1) is 11.5. The molecular formula is C9H15N3O3. The molecule has 0 saturated carbocycles. The van der Waals surface area contributed by atoms with Crippen LogP contribution in [0.1, 0.15) is 31.3 Å². The van der Waals surface area contributed by atoms with Crippen molar-refractivity contribution in [3.8, 4) is 0 Å². The summed E-state index contributed by atoms with van der Waals surface area (Å²) in [5, 5.41) is 12.5. The zero-order chi connectivity index (χ0) is 11.6. The number of carboxylic acid groups (broad SMARTS) is 1. The summed E-state index contributed by atoms with van der Waals surface area (Å²) in [6.07, 6.45) is 1.44. The van der Waals surface area contributed by atoms with E-state index < -0.39 is 5.97 Å². The predicted molar refractivity (Wildman–Crippen MR) is 54.4 cm³/mol. The van der Waals surface area contributed by atoms with Gasteiger partial charge in [0, 0.05) is 0 Å². The van der Waals surface area contributed by atoms with Crippen LogP contribution in [-0.4, -0.2) is 26.5 Å². The van der Waals surface area contributed by atoms with Crippen molar-refractivity contribution in [1.82, 2.24) is 9.78 Å². The summed E-state index contributed by atoms with van der Waals surface area (Å²) in [5.74, 6) is -1.14. The molecule has 0 aliphatic heterocycles. The highest BCUT2D eigenvalue weighted by Gasteiger charge is 2.15. The highest BCUT2D eigenvalue weighted by Crippen LogP contribution is 2.11. The van der Waals surface area contributed by atoms with E-state index in [1.807, 2.05) is 20.8 Å². The average molecular weight is 213 g/mol. The number of aromatic carboxylic acids is 1. The van der Waals surface area contributed by atoms with E-state index in [9.17, 15) is 4.79 Å². The highest BCUT2D eigenvalue weighted by molar-refractivity contribution is 5.91. The van der Waals surface area contributed by atoms with Crippen molar-refractivity contribution in [2.75, 3.05) is 5.73 Å². The lowest BCUT2D eigenvalue weighted by Gasteiger charge is -2.19. The lowest BCUT2D eigenvalue weighted by molar-refractivity contribution is -0.0480. The zero-order valence-electron chi connectivity index (χ0n) is 9.02. The van der Waals surface area contributed by atoms with Gasteiger partial charge in [-0.3, -0.25) is 0 Å². The minimum Gasteiger partial charge on any atom is -0.476 e. The van der Waals surface area contributed by atoms with Crippen molar-refractivity contribution in [2.45, 2.75) is 33.1 Å². The van der Waals surface area contributed by atoms with Crippen LogP contribution in [0.25, 0.3) is 0 Å². The van der Waals surface area contributed by atoms with Crippen LogP contribution < -0.4 is 5.73 Å². The van der Waals surface area contributed by atoms with E-state index in [1.165, 1.54) is 10.9 Å². The standard InChI is InChI=1S/C9H15N3O3/c1-9(2,3)15-5-12-4-6(10)7(11-12)8(13)14/h4H,5,10H2,1-3H3,(H,13,14). The maximum atomic E-state index is 10.6. The van der Waals surface area contributed by atoms with E-state index >= 15 is 0 Å². The van der Waals surface area contributed by atoms with Crippen molar-refractivity contribution in [3.05, 3.63) is 11.9 Å². The molecule has 0 unspecified atom stereocenters. The SMILES string of the molecule is CC(C)(C)OCn1cc(N)c(C(=O)O)n1. The van der Waals surface area contributed by atoms with Gasteiger partial charge in [0.15, 0.2) is 5.69 Å². The number of nitrogen functional groups attached to an aromatic ring is 1. The summed E-state index contributed by atoms with van der Waals surface area (Å²) < 4.78 is 6.78. The number of aromatic nitrogens is 2. The van der Waals surface area contributed by atoms with Crippen LogP contribution >= 0.6 is 0 Å². The maximum Gasteiger partial charge on any atom is 0.358 e. The fourth-order valence-electron chi connectivity index (χ4n) is 0.929. The van der Waals surface area contributed by atoms with Gasteiger partial charge in [-0.05, 0) is 20.8 Å². The predicted octanol–water partition coefficient (Wildman–Crippen LogP) is 0.936. The smallest absolute Gasteiger partial charge is 0.358 e. The van der Waals surface area contributed by atoms with Gasteiger partial charge in [-0.2, -0.15) is 5.10 Å². The fourth-order valence-corrected chi connectivity index (χ4v) is 0.929. The molecule has 0 radical (unpaired) electrons. The lowest BCUT2D eigenvalue weighted by Crippen LogP contribution is -2.21. The Morgan fingerprint density at radius 3 is 2.67 bits per heavy atom. The molecule has 0 saturated heterocycles. The topological polar surface area (TPSA) is 90.4 Å². The van der Waals surface area contributed by atoms with Crippen molar-refractivity contribution in [2.24, 2.45) is 0 Å². The molecule has 1 aromatic heterocycles. The number of nitrogens with zero attached hydrogens (tertiary/aromatic N) is 2. The molecule has 15 heavy (non-hydrogen) atoms. The Hall–Kier alpha value is -1.56. The Kier molecular flexibility index (Phi) is 2.99. The van der Waals surface area contributed by atoms with Crippen LogP contribution in [0.4, 0.5) is 5.69 Å². The van der Waals surface area contributed by atoms with Crippen LogP contribution in [-0.2, 0) is 11.5 Å². The first-order chi connectivity index (χ1) is 6.79. The molecule has 0 amide bonds. The Morgan fingerprint density at radius 2 is 2.27 bits per heavy atom. The van der Waals surface area contributed by atoms with Gasteiger partial charge in [0.05, 0.1) is 17.5 Å². The van der Waals surface area contributed by atoms with Gasteiger partial charge >= 0.3 is 5.97 Å². The number of nitrogens with two attached hydrogens (primary N) is 1. The third-order valence-corrected chi connectivity index (χ3v) is 1.62. The van der Waals surface area contributed by atoms with Gasteiger partial charge < -0.3 is 15.6 Å². The minimum absolute atomic E-state index is 0.139. The Morgan fingerprint density at radius 1 is 1.67 bits per heavy atom. The molecule has 6 nitrogen and oxygen atoms in total. The molecule has 1 heterocycles. The number of hydrogen-bond acceptors (Lipinski definition) is 4. The highest BCUT2D eigenvalue weighted by atomic mass is 16.5. The molecule has 0 bridgehead atoms. The number of anilines is 1. The molecule has 6 heteroatoms. The Labute approximate surface area is 87.6 Å². The van der Waals surface area contributed by atoms with E-state index in [1.54, 1.807) is 0 Å². The average Bonchev–Trinajstić information content (AvgIpc) is 2.42. The molecule has 0 aromatic carbocycles. The van der Waals surface area contributed by atoms with Gasteiger partial charge in [-0.1, -0.05) is 0 Å². The van der Waals surface area contributed by atoms with Crippen LogP contribution in [0.2, 0.25) is 0 Å². The van der Waals surface area contributed by atoms with E-state index in [4.69, 9.17) is 15.6 Å². The summed E-state index contributed by atoms with van der Waals surface area (Å²) in [5.41, 5.74) is 5.15. The van der Waals surface area contributed by atoms with Gasteiger partial charge in [0.2, 0.25) is 0 Å². The molecule has 1 aromatic rings. The lowest BCUT2D eigenvalue weighted by atomic mass is 10.2. The molecule has 1 rings (SSSR count). The molecule has 0 spiro atoms. The quantitative estimate of drug-likeness (QED) is 0.779. The number of ether oxygens (including phenoxy) is 1. The second-order valence-corrected chi connectivity index (χ2v) is 4.16. The molecule has 0 fully saturated rings. The number of rotatable bonds is 3. The zero-order valence-corrected chi connectivity index (χ0v) is 9.02. The third kappa shape index (κ3) is 3.25. The van der Waals surface area contributed by atoms with Crippen LogP contribution in [0.3, 0.4) is 0 Å². The second-order valence-electron chi connectivity index (χ2n) is 4.16. The van der Waals surface area contributed by atoms with E-state index in [-0.39, 0.29) is 23.7 Å². The number of hydrogen-bond donors (Lipinski definition) is 2. The molecule has 84 valence electrons. The summed E-state index contributed by atoms with van der Waals surface area (Å²) >= 11 is 0. The van der Waals surface area contributed by atoms with Gasteiger partial charge in [-0.25, -0.2) is 9.48 Å². The largest absolute Gasteiger partial charge is 0.476 e. The minimum atomic E-state index is -1.14. The second kappa shape index (κ2) is 3.90. The van der Waals surface area contributed by atoms with E-state index in [0.717, 1.165) is 0 Å². The van der Waals surface area contributed by atoms with Gasteiger partial charge in [-0.15, -0.1) is 0 Å². The van der Waals surface area contributed by atoms with Crippen LogP contribution in [0.15, 0.2) is 6.20 Å². The Balaban J connectivity index is 2.72. The molecule has 0 aliphatic carbocycles. The van der Waals surface area contributed by atoms with Gasteiger partial charge in [0.25, 0.3) is 0 Å². The van der Waals surface area contributed by atoms with Crippen molar-refractivity contribution in [1.29, 1.82) is 0 Å². The first-order valence-corrected chi connectivity index (χ1v) is 4.50. The third-order valence-electron chi connectivity index (χ3n) is 1.62. The van der Waals surface area contributed by atoms with E-state index in [0.29, 0.717) is 0 Å². The fraction of sp³-hybridized carbons (Fsp3) is 0.556. The normalized spacial score (nSPS) is 11.7. The molecule has 0 atom stereocenters. The monoisotopic (exact) mass is 213 g/mol. The van der Waals surface area contributed by atoms with Crippen molar-refractivity contribution >= 4 is 11.7 Å². The van der Waals surface area contributed by atoms with Crippen LogP contribution in [0.5, 0.6) is 0 Å². The molecule has 0 aliphatic rings. The summed E-state index contributed by atoms with van der Waals surface area (Å²) in [7, 11) is 0. The molecular weight excluding hydrogens is 198 g/mol. The maximum absolute atomic E-state index is 10.6. The summed E-state index contributed by atoms with van der Waals surface area (Å²) in [6, 6.07) is 0. The first-order valence-electron chi connectivity index (χ1n) is 4.50. The molecule has 3 N–H and O–H groups in total. The van der Waals surface area contributed by atoms with Gasteiger partial charge in [0.1, 0.15) is 6.73 Å². The van der Waals surface area contributed by atoms with Crippen molar-refractivity contribution < 1.29 is 14.6 Å². The number of carbonyl (C=O) groups is 1. The number of carboxylic acids is 1. The summed E-state index contributed by atoms with van der Waals surface area (Å²) in [4.78, 5) is 10.6. The van der Waals surface area contributed by atoms with Crippen molar-refractivity contribution in [3.63, 3.8) is 0 Å².